The van der Waals surface area contributed by atoms with Crippen molar-refractivity contribution in [3.8, 4) is 11.6 Å². The summed E-state index contributed by atoms with van der Waals surface area (Å²) in [5, 5.41) is 6.25. The predicted octanol–water partition coefficient (Wildman–Crippen LogP) is 5.03. The molecule has 1 amide bonds. The van der Waals surface area contributed by atoms with Gasteiger partial charge in [-0.05, 0) is 24.3 Å². The second kappa shape index (κ2) is 8.93. The van der Waals surface area contributed by atoms with E-state index in [4.69, 9.17) is 27.9 Å². The van der Waals surface area contributed by atoms with E-state index < -0.39 is 30.2 Å². The molecule has 0 fully saturated rings. The summed E-state index contributed by atoms with van der Waals surface area (Å²) in [5.41, 5.74) is -0.873. The third-order valence-electron chi connectivity index (χ3n) is 3.89. The Labute approximate surface area is 178 Å². The minimum Gasteiger partial charge on any atom is -0.467 e. The molecule has 2 aromatic carbocycles. The maximum absolute atomic E-state index is 13.7. The third-order valence-corrected chi connectivity index (χ3v) is 4.44. The van der Waals surface area contributed by atoms with Gasteiger partial charge in [-0.1, -0.05) is 41.4 Å². The topological polar surface area (TPSA) is 56.1 Å². The number of aromatic nitrogens is 2. The molecule has 0 aliphatic heterocycles. The molecule has 0 spiro atoms. The standard InChI is InChI=1S/C19H13Cl2F4N3O2/c20-12-6-5-11(14(22)7-12)9-26-17(29)10-30-18-8-16(19(23,24)25)27-28(18)15-4-2-1-3-13(15)21/h1-8H,9-10H2,(H,26,29). The van der Waals surface area contributed by atoms with Gasteiger partial charge in [0.2, 0.25) is 5.88 Å². The number of nitrogens with zero attached hydrogens (tertiary/aromatic N) is 2. The molecule has 3 rings (SSSR count). The molecular weight excluding hydrogens is 449 g/mol. The molecule has 158 valence electrons. The van der Waals surface area contributed by atoms with Crippen LogP contribution < -0.4 is 10.1 Å². The van der Waals surface area contributed by atoms with Crippen LogP contribution in [-0.2, 0) is 17.5 Å². The molecule has 0 aliphatic carbocycles. The highest BCUT2D eigenvalue weighted by atomic mass is 35.5. The van der Waals surface area contributed by atoms with Crippen molar-refractivity contribution in [3.63, 3.8) is 0 Å². The fraction of sp³-hybridized carbons (Fsp3) is 0.158. The number of para-hydroxylation sites is 1. The molecule has 1 aromatic heterocycles. The zero-order valence-electron chi connectivity index (χ0n) is 15.0. The quantitative estimate of drug-likeness (QED) is 0.523. The van der Waals surface area contributed by atoms with Gasteiger partial charge >= 0.3 is 6.18 Å². The normalized spacial score (nSPS) is 11.4. The number of hydrogen-bond donors (Lipinski definition) is 1. The molecule has 5 nitrogen and oxygen atoms in total. The van der Waals surface area contributed by atoms with Gasteiger partial charge < -0.3 is 10.1 Å². The molecule has 30 heavy (non-hydrogen) atoms. The number of carbonyl (C=O) groups is 1. The van der Waals surface area contributed by atoms with Gasteiger partial charge in [-0.25, -0.2) is 4.39 Å². The first-order valence-corrected chi connectivity index (χ1v) is 9.16. The van der Waals surface area contributed by atoms with Crippen LogP contribution in [0.15, 0.2) is 48.5 Å². The van der Waals surface area contributed by atoms with E-state index in [1.165, 1.54) is 24.3 Å². The Morgan fingerprint density at radius 3 is 2.53 bits per heavy atom. The molecular formula is C19H13Cl2F4N3O2. The Balaban J connectivity index is 1.73. The average Bonchev–Trinajstić information content (AvgIpc) is 3.10. The minimum atomic E-state index is -4.72. The highest BCUT2D eigenvalue weighted by Crippen LogP contribution is 2.33. The summed E-state index contributed by atoms with van der Waals surface area (Å²) in [4.78, 5) is 12.0. The van der Waals surface area contributed by atoms with Crippen molar-refractivity contribution in [2.75, 3.05) is 6.61 Å². The van der Waals surface area contributed by atoms with Crippen LogP contribution >= 0.6 is 23.2 Å². The van der Waals surface area contributed by atoms with Gasteiger partial charge in [0.15, 0.2) is 12.3 Å². The SMILES string of the molecule is O=C(COc1cc(C(F)(F)F)nn1-c1ccccc1Cl)NCc1ccc(Cl)cc1F. The first-order valence-electron chi connectivity index (χ1n) is 8.41. The van der Waals surface area contributed by atoms with Crippen LogP contribution in [0.5, 0.6) is 5.88 Å². The lowest BCUT2D eigenvalue weighted by Crippen LogP contribution is -2.29. The van der Waals surface area contributed by atoms with E-state index >= 15 is 0 Å². The summed E-state index contributed by atoms with van der Waals surface area (Å²) in [6.45, 7) is -0.772. The number of rotatable bonds is 6. The number of nitrogens with one attached hydrogen (secondary N) is 1. The molecule has 3 aromatic rings. The van der Waals surface area contributed by atoms with E-state index in [0.717, 1.165) is 10.7 Å². The molecule has 0 saturated carbocycles. The molecule has 0 saturated heterocycles. The third kappa shape index (κ3) is 5.22. The van der Waals surface area contributed by atoms with E-state index in [0.29, 0.717) is 6.07 Å². The van der Waals surface area contributed by atoms with E-state index in [1.807, 2.05) is 0 Å². The van der Waals surface area contributed by atoms with Crippen LogP contribution in [0.4, 0.5) is 17.6 Å². The first-order chi connectivity index (χ1) is 14.1. The number of amides is 1. The van der Waals surface area contributed by atoms with Crippen molar-refractivity contribution in [2.24, 2.45) is 0 Å². The lowest BCUT2D eigenvalue weighted by atomic mass is 10.2. The predicted molar refractivity (Wildman–Crippen MR) is 102 cm³/mol. The van der Waals surface area contributed by atoms with Gasteiger partial charge in [-0.3, -0.25) is 4.79 Å². The van der Waals surface area contributed by atoms with E-state index in [-0.39, 0.29) is 33.7 Å². The molecule has 0 unspecified atom stereocenters. The monoisotopic (exact) mass is 461 g/mol. The van der Waals surface area contributed by atoms with Gasteiger partial charge in [0.05, 0.1) is 10.7 Å². The van der Waals surface area contributed by atoms with Crippen molar-refractivity contribution in [3.05, 3.63) is 75.7 Å². The van der Waals surface area contributed by atoms with Crippen molar-refractivity contribution in [1.29, 1.82) is 0 Å². The van der Waals surface area contributed by atoms with Gasteiger partial charge in [0.1, 0.15) is 5.82 Å². The zero-order valence-corrected chi connectivity index (χ0v) is 16.5. The fourth-order valence-electron chi connectivity index (χ4n) is 2.45. The molecule has 1 heterocycles. The summed E-state index contributed by atoms with van der Waals surface area (Å²) in [5.74, 6) is -1.61. The minimum absolute atomic E-state index is 0.141. The molecule has 0 atom stereocenters. The lowest BCUT2D eigenvalue weighted by Gasteiger charge is -2.11. The summed E-state index contributed by atoms with van der Waals surface area (Å²) in [7, 11) is 0. The maximum Gasteiger partial charge on any atom is 0.435 e. The van der Waals surface area contributed by atoms with E-state index in [1.54, 1.807) is 12.1 Å². The van der Waals surface area contributed by atoms with Crippen molar-refractivity contribution in [2.45, 2.75) is 12.7 Å². The Morgan fingerprint density at radius 2 is 1.87 bits per heavy atom. The van der Waals surface area contributed by atoms with Crippen LogP contribution in [0.1, 0.15) is 11.3 Å². The maximum atomic E-state index is 13.7. The van der Waals surface area contributed by atoms with Gasteiger partial charge in [0, 0.05) is 23.2 Å². The highest BCUT2D eigenvalue weighted by Gasteiger charge is 2.36. The van der Waals surface area contributed by atoms with Crippen LogP contribution in [0.2, 0.25) is 10.0 Å². The second-order valence-corrected chi connectivity index (χ2v) is 6.87. The summed E-state index contributed by atoms with van der Waals surface area (Å²) >= 11 is 11.7. The van der Waals surface area contributed by atoms with Gasteiger partial charge in [0.25, 0.3) is 5.91 Å². The number of halogens is 6. The average molecular weight is 462 g/mol. The summed E-state index contributed by atoms with van der Waals surface area (Å²) in [6, 6.07) is 10.7. The van der Waals surface area contributed by atoms with Crippen LogP contribution in [-0.4, -0.2) is 22.3 Å². The number of alkyl halides is 3. The Morgan fingerprint density at radius 1 is 1.13 bits per heavy atom. The molecule has 1 N–H and O–H groups in total. The number of benzene rings is 2. The van der Waals surface area contributed by atoms with Crippen molar-refractivity contribution in [1.82, 2.24) is 15.1 Å². The number of ether oxygens (including phenoxy) is 1. The Kier molecular flexibility index (Phi) is 6.52. The Bertz CT molecular complexity index is 1070. The van der Waals surface area contributed by atoms with E-state index in [2.05, 4.69) is 10.4 Å². The van der Waals surface area contributed by atoms with Gasteiger partial charge in [-0.2, -0.15) is 23.0 Å². The highest BCUT2D eigenvalue weighted by molar-refractivity contribution is 6.32. The summed E-state index contributed by atoms with van der Waals surface area (Å²) < 4.78 is 59.1. The van der Waals surface area contributed by atoms with Crippen LogP contribution in [0.25, 0.3) is 5.69 Å². The van der Waals surface area contributed by atoms with Crippen LogP contribution in [0, 0.1) is 5.82 Å². The fourth-order valence-corrected chi connectivity index (χ4v) is 2.83. The lowest BCUT2D eigenvalue weighted by molar-refractivity contribution is -0.141. The number of carbonyl (C=O) groups excluding carboxylic acids is 1. The van der Waals surface area contributed by atoms with Crippen molar-refractivity contribution >= 4 is 29.1 Å². The summed E-state index contributed by atoms with van der Waals surface area (Å²) in [6.07, 6.45) is -4.72. The molecule has 0 radical (unpaired) electrons. The largest absolute Gasteiger partial charge is 0.467 e. The Hall–Kier alpha value is -2.78. The number of hydrogen-bond acceptors (Lipinski definition) is 3. The van der Waals surface area contributed by atoms with Crippen LogP contribution in [0.3, 0.4) is 0 Å². The molecule has 11 heteroatoms. The first kappa shape index (κ1) is 21.9. The van der Waals surface area contributed by atoms with Gasteiger partial charge in [-0.15, -0.1) is 0 Å². The zero-order chi connectivity index (χ0) is 21.9. The van der Waals surface area contributed by atoms with E-state index in [9.17, 15) is 22.4 Å². The second-order valence-electron chi connectivity index (χ2n) is 6.03. The van der Waals surface area contributed by atoms with Crippen molar-refractivity contribution < 1.29 is 27.1 Å². The molecule has 0 bridgehead atoms. The molecule has 0 aliphatic rings. The smallest absolute Gasteiger partial charge is 0.435 e.